The van der Waals surface area contributed by atoms with E-state index in [9.17, 15) is 4.79 Å². The number of rotatable bonds is 2. The molecule has 0 bridgehead atoms. The number of nitrogens with zero attached hydrogens (tertiary/aromatic N) is 2. The van der Waals surface area contributed by atoms with Crippen LogP contribution in [0.4, 0.5) is 0 Å². The molecule has 0 radical (unpaired) electrons. The highest BCUT2D eigenvalue weighted by molar-refractivity contribution is 5.50. The van der Waals surface area contributed by atoms with Crippen molar-refractivity contribution in [2.75, 3.05) is 0 Å². The maximum atomic E-state index is 10.9. The third-order valence-electron chi connectivity index (χ3n) is 1.63. The maximum absolute atomic E-state index is 10.9. The molecule has 14 heavy (non-hydrogen) atoms. The Labute approximate surface area is 78.2 Å². The topological polar surface area (TPSA) is 92.0 Å². The summed E-state index contributed by atoms with van der Waals surface area (Å²) < 4.78 is 4.82. The third kappa shape index (κ3) is 1.55. The first kappa shape index (κ1) is 8.64. The van der Waals surface area contributed by atoms with Gasteiger partial charge in [0.25, 0.3) is 5.89 Å². The molecule has 0 aliphatic heterocycles. The van der Waals surface area contributed by atoms with Crippen molar-refractivity contribution in [3.63, 3.8) is 0 Å². The summed E-state index contributed by atoms with van der Waals surface area (Å²) in [5, 5.41) is 12.2. The predicted molar refractivity (Wildman–Crippen MR) is 46.3 cm³/mol. The van der Waals surface area contributed by atoms with Crippen molar-refractivity contribution in [1.29, 1.82) is 0 Å². The van der Waals surface area contributed by atoms with E-state index in [4.69, 9.17) is 9.63 Å². The Bertz CT molecular complexity index is 488. The van der Waals surface area contributed by atoms with Crippen LogP contribution in [0.15, 0.2) is 27.6 Å². The van der Waals surface area contributed by atoms with Crippen molar-refractivity contribution >= 4 is 0 Å². The van der Waals surface area contributed by atoms with E-state index in [1.165, 1.54) is 12.3 Å². The summed E-state index contributed by atoms with van der Waals surface area (Å²) in [5.41, 5.74) is 0.284. The molecular formula is C8H7N3O3. The molecule has 0 saturated heterocycles. The SMILES string of the molecule is O=c1cc(-c2nc(CO)no2)cc[nH]1. The van der Waals surface area contributed by atoms with Crippen LogP contribution >= 0.6 is 0 Å². The van der Waals surface area contributed by atoms with Gasteiger partial charge in [-0.05, 0) is 6.07 Å². The summed E-state index contributed by atoms with van der Waals surface area (Å²) in [5.74, 6) is 0.417. The van der Waals surface area contributed by atoms with Gasteiger partial charge in [0.2, 0.25) is 5.56 Å². The van der Waals surface area contributed by atoms with Crippen LogP contribution < -0.4 is 5.56 Å². The van der Waals surface area contributed by atoms with Gasteiger partial charge in [0.05, 0.1) is 0 Å². The van der Waals surface area contributed by atoms with Gasteiger partial charge in [-0.25, -0.2) is 0 Å². The van der Waals surface area contributed by atoms with Crippen LogP contribution in [0.2, 0.25) is 0 Å². The molecule has 0 fully saturated rings. The molecule has 0 atom stereocenters. The van der Waals surface area contributed by atoms with Crippen molar-refractivity contribution < 1.29 is 9.63 Å². The Morgan fingerprint density at radius 1 is 1.57 bits per heavy atom. The molecule has 2 aromatic heterocycles. The lowest BCUT2D eigenvalue weighted by atomic mass is 10.3. The van der Waals surface area contributed by atoms with Gasteiger partial charge < -0.3 is 14.6 Å². The van der Waals surface area contributed by atoms with Gasteiger partial charge in [-0.2, -0.15) is 4.98 Å². The van der Waals surface area contributed by atoms with E-state index in [1.807, 2.05) is 0 Å². The number of aliphatic hydroxyl groups excluding tert-OH is 1. The van der Waals surface area contributed by atoms with Crippen molar-refractivity contribution in [3.05, 3.63) is 34.5 Å². The zero-order valence-corrected chi connectivity index (χ0v) is 7.10. The molecule has 2 aromatic rings. The Morgan fingerprint density at radius 2 is 2.43 bits per heavy atom. The Balaban J connectivity index is 2.44. The number of hydrogen-bond acceptors (Lipinski definition) is 5. The fraction of sp³-hybridized carbons (Fsp3) is 0.125. The smallest absolute Gasteiger partial charge is 0.258 e. The van der Waals surface area contributed by atoms with Gasteiger partial charge in [-0.3, -0.25) is 4.79 Å². The first-order valence-electron chi connectivity index (χ1n) is 3.92. The largest absolute Gasteiger partial charge is 0.388 e. The maximum Gasteiger partial charge on any atom is 0.258 e. The average Bonchev–Trinajstić information content (AvgIpc) is 2.66. The summed E-state index contributed by atoms with van der Waals surface area (Å²) in [4.78, 5) is 17.3. The minimum absolute atomic E-state index is 0.195. The van der Waals surface area contributed by atoms with E-state index in [0.717, 1.165) is 0 Å². The second-order valence-electron chi connectivity index (χ2n) is 2.62. The quantitative estimate of drug-likeness (QED) is 0.695. The van der Waals surface area contributed by atoms with Gasteiger partial charge >= 0.3 is 0 Å². The highest BCUT2D eigenvalue weighted by atomic mass is 16.5. The molecule has 0 aromatic carbocycles. The van der Waals surface area contributed by atoms with Crippen LogP contribution in [0, 0.1) is 0 Å². The third-order valence-corrected chi connectivity index (χ3v) is 1.63. The summed E-state index contributed by atoms with van der Waals surface area (Å²) in [7, 11) is 0. The fourth-order valence-electron chi connectivity index (χ4n) is 1.01. The molecule has 72 valence electrons. The second-order valence-corrected chi connectivity index (χ2v) is 2.62. The zero-order valence-electron chi connectivity index (χ0n) is 7.10. The standard InChI is InChI=1S/C8H7N3O3/c12-4-6-10-8(14-11-6)5-1-2-9-7(13)3-5/h1-3,12H,4H2,(H,9,13). The van der Waals surface area contributed by atoms with Gasteiger partial charge in [0.1, 0.15) is 6.61 Å². The fourth-order valence-corrected chi connectivity index (χ4v) is 1.01. The van der Waals surface area contributed by atoms with Gasteiger partial charge in [-0.1, -0.05) is 5.16 Å². The van der Waals surface area contributed by atoms with E-state index >= 15 is 0 Å². The summed E-state index contributed by atoms with van der Waals surface area (Å²) in [6.07, 6.45) is 1.49. The lowest BCUT2D eigenvalue weighted by Gasteiger charge is -1.89. The van der Waals surface area contributed by atoms with E-state index in [-0.39, 0.29) is 23.9 Å². The summed E-state index contributed by atoms with van der Waals surface area (Å²) in [6, 6.07) is 2.98. The lowest BCUT2D eigenvalue weighted by molar-refractivity contribution is 0.264. The summed E-state index contributed by atoms with van der Waals surface area (Å²) in [6.45, 7) is -0.285. The number of aromatic amines is 1. The molecule has 6 heteroatoms. The number of hydrogen-bond donors (Lipinski definition) is 2. The molecule has 0 aliphatic carbocycles. The molecule has 0 aliphatic rings. The number of H-pyrrole nitrogens is 1. The van der Waals surface area contributed by atoms with Crippen LogP contribution in [0.1, 0.15) is 5.82 Å². The number of nitrogens with one attached hydrogen (secondary N) is 1. The molecule has 0 amide bonds. The van der Waals surface area contributed by atoms with Crippen molar-refractivity contribution in [3.8, 4) is 11.5 Å². The first-order chi connectivity index (χ1) is 6.79. The molecule has 6 nitrogen and oxygen atoms in total. The van der Waals surface area contributed by atoms with Gasteiger partial charge in [-0.15, -0.1) is 0 Å². The van der Waals surface area contributed by atoms with Crippen LogP contribution in [-0.2, 0) is 6.61 Å². The number of pyridine rings is 1. The summed E-state index contributed by atoms with van der Waals surface area (Å²) >= 11 is 0. The van der Waals surface area contributed by atoms with E-state index in [0.29, 0.717) is 5.56 Å². The van der Waals surface area contributed by atoms with Gasteiger partial charge in [0, 0.05) is 17.8 Å². The molecule has 0 unspecified atom stereocenters. The molecule has 0 saturated carbocycles. The van der Waals surface area contributed by atoms with Crippen molar-refractivity contribution in [2.45, 2.75) is 6.61 Å². The van der Waals surface area contributed by atoms with Crippen molar-refractivity contribution in [1.82, 2.24) is 15.1 Å². The molecule has 2 N–H and O–H groups in total. The highest BCUT2D eigenvalue weighted by Gasteiger charge is 2.07. The Morgan fingerprint density at radius 3 is 3.07 bits per heavy atom. The minimum atomic E-state index is -0.285. The minimum Gasteiger partial charge on any atom is -0.388 e. The zero-order chi connectivity index (χ0) is 9.97. The lowest BCUT2D eigenvalue weighted by Crippen LogP contribution is -2.02. The van der Waals surface area contributed by atoms with Crippen molar-refractivity contribution in [2.24, 2.45) is 0 Å². The number of aromatic nitrogens is 3. The normalized spacial score (nSPS) is 10.4. The second kappa shape index (κ2) is 3.43. The van der Waals surface area contributed by atoms with E-state index in [2.05, 4.69) is 15.1 Å². The van der Waals surface area contributed by atoms with Crippen LogP contribution in [0.3, 0.4) is 0 Å². The molecular weight excluding hydrogens is 186 g/mol. The predicted octanol–water partition coefficient (Wildman–Crippen LogP) is -0.0828. The van der Waals surface area contributed by atoms with Crippen LogP contribution in [0.25, 0.3) is 11.5 Å². The first-order valence-corrected chi connectivity index (χ1v) is 3.92. The van der Waals surface area contributed by atoms with Crippen LogP contribution in [0.5, 0.6) is 0 Å². The number of aliphatic hydroxyl groups is 1. The Hall–Kier alpha value is -1.95. The van der Waals surface area contributed by atoms with E-state index < -0.39 is 0 Å². The molecule has 2 heterocycles. The average molecular weight is 193 g/mol. The monoisotopic (exact) mass is 193 g/mol. The molecule has 0 spiro atoms. The van der Waals surface area contributed by atoms with E-state index in [1.54, 1.807) is 6.07 Å². The molecule has 2 rings (SSSR count). The van der Waals surface area contributed by atoms with Gasteiger partial charge in [0.15, 0.2) is 5.82 Å². The highest BCUT2D eigenvalue weighted by Crippen LogP contribution is 2.13. The van der Waals surface area contributed by atoms with Crippen LogP contribution in [-0.4, -0.2) is 20.2 Å². The Kier molecular flexibility index (Phi) is 2.11.